The number of nitrogens with zero attached hydrogens (tertiary/aromatic N) is 1. The van der Waals surface area contributed by atoms with Gasteiger partial charge in [-0.05, 0) is 12.8 Å². The zero-order valence-corrected chi connectivity index (χ0v) is 18.8. The van der Waals surface area contributed by atoms with Crippen LogP contribution < -0.4 is 12.4 Å². The smallest absolute Gasteiger partial charge is 0.0780 e. The van der Waals surface area contributed by atoms with Crippen molar-refractivity contribution in [2.24, 2.45) is 0 Å². The van der Waals surface area contributed by atoms with E-state index in [9.17, 15) is 0 Å². The number of quaternary nitrogens is 1. The summed E-state index contributed by atoms with van der Waals surface area (Å²) in [6.45, 7) is 3.63. The van der Waals surface area contributed by atoms with Gasteiger partial charge in [-0.1, -0.05) is 84.0 Å². The van der Waals surface area contributed by atoms with Gasteiger partial charge in [0.2, 0.25) is 0 Å². The van der Waals surface area contributed by atoms with Crippen molar-refractivity contribution in [1.29, 1.82) is 0 Å². The molecule has 0 aliphatic heterocycles. The van der Waals surface area contributed by atoms with Crippen LogP contribution in [0.15, 0.2) is 0 Å². The van der Waals surface area contributed by atoms with Crippen LogP contribution in [0.5, 0.6) is 0 Å². The quantitative estimate of drug-likeness (QED) is 0.233. The number of unbranched alkanes of at least 4 members (excludes halogenated alkanes) is 13. The molecular formula is C19H42ClNPt. The first-order chi connectivity index (χ1) is 9.56. The van der Waals surface area contributed by atoms with Crippen molar-refractivity contribution in [2.45, 2.75) is 96.8 Å². The third-order valence-corrected chi connectivity index (χ3v) is 4.18. The number of halogens is 1. The Morgan fingerprint density at radius 3 is 1.05 bits per heavy atom. The third kappa shape index (κ3) is 25.9. The van der Waals surface area contributed by atoms with E-state index < -0.39 is 0 Å². The molecule has 0 aliphatic carbocycles. The Kier molecular flexibility index (Phi) is 25.2. The van der Waals surface area contributed by atoms with E-state index >= 15 is 0 Å². The molecule has 140 valence electrons. The first kappa shape index (κ1) is 27.8. The van der Waals surface area contributed by atoms with Gasteiger partial charge in [0.1, 0.15) is 0 Å². The van der Waals surface area contributed by atoms with Crippen LogP contribution in [0.3, 0.4) is 0 Å². The largest absolute Gasteiger partial charge is 1.00 e. The zero-order valence-electron chi connectivity index (χ0n) is 15.7. The molecule has 22 heavy (non-hydrogen) atoms. The van der Waals surface area contributed by atoms with Crippen LogP contribution in [-0.4, -0.2) is 32.2 Å². The average Bonchev–Trinajstić information content (AvgIpc) is 2.38. The minimum absolute atomic E-state index is 0. The topological polar surface area (TPSA) is 0 Å². The normalized spacial score (nSPS) is 10.9. The predicted molar refractivity (Wildman–Crippen MR) is 93.2 cm³/mol. The third-order valence-electron chi connectivity index (χ3n) is 4.18. The Labute approximate surface area is 162 Å². The molecule has 0 atom stereocenters. The van der Waals surface area contributed by atoms with Gasteiger partial charge in [0.25, 0.3) is 0 Å². The van der Waals surface area contributed by atoms with E-state index in [1.54, 1.807) is 0 Å². The molecule has 0 saturated heterocycles. The molecule has 0 bridgehead atoms. The van der Waals surface area contributed by atoms with Crippen molar-refractivity contribution in [2.75, 3.05) is 27.7 Å². The standard InChI is InChI=1S/C19H42N.ClH.Pt/c1-5-6-7-8-9-10-11-12-13-14-15-16-17-18-19-20(2,3)4;;/h5-19H2,1-4H3;1H;/q+1;;/p-1. The van der Waals surface area contributed by atoms with Crippen molar-refractivity contribution >= 4 is 0 Å². The van der Waals surface area contributed by atoms with Crippen molar-refractivity contribution in [3.63, 3.8) is 0 Å². The number of rotatable bonds is 15. The summed E-state index contributed by atoms with van der Waals surface area (Å²) in [5, 5.41) is 0. The molecular weight excluding hydrogens is 473 g/mol. The molecule has 3 heteroatoms. The molecule has 0 aromatic heterocycles. The monoisotopic (exact) mass is 514 g/mol. The van der Waals surface area contributed by atoms with Crippen LogP contribution in [0.1, 0.15) is 96.8 Å². The second-order valence-electron chi connectivity index (χ2n) is 7.61. The maximum Gasteiger partial charge on any atom is 0.0780 e. The van der Waals surface area contributed by atoms with Crippen LogP contribution >= 0.6 is 0 Å². The van der Waals surface area contributed by atoms with Crippen molar-refractivity contribution in [3.8, 4) is 0 Å². The van der Waals surface area contributed by atoms with Crippen LogP contribution in [0.25, 0.3) is 0 Å². The van der Waals surface area contributed by atoms with E-state index in [0.29, 0.717) is 0 Å². The molecule has 1 nitrogen and oxygen atoms in total. The first-order valence-corrected chi connectivity index (χ1v) is 9.36. The Morgan fingerprint density at radius 1 is 0.500 bits per heavy atom. The first-order valence-electron chi connectivity index (χ1n) is 9.36. The van der Waals surface area contributed by atoms with Gasteiger partial charge in [-0.2, -0.15) is 0 Å². The molecule has 0 radical (unpaired) electrons. The van der Waals surface area contributed by atoms with Gasteiger partial charge >= 0.3 is 0 Å². The summed E-state index contributed by atoms with van der Waals surface area (Å²) in [6.07, 6.45) is 20.4. The fraction of sp³-hybridized carbons (Fsp3) is 1.00. The second kappa shape index (κ2) is 20.0. The Morgan fingerprint density at radius 2 is 0.773 bits per heavy atom. The summed E-state index contributed by atoms with van der Waals surface area (Å²) in [4.78, 5) is 0. The van der Waals surface area contributed by atoms with Crippen molar-refractivity contribution in [1.82, 2.24) is 0 Å². The summed E-state index contributed by atoms with van der Waals surface area (Å²) >= 11 is 0. The maximum absolute atomic E-state index is 2.29. The van der Waals surface area contributed by atoms with E-state index in [1.165, 1.54) is 96.4 Å². The minimum Gasteiger partial charge on any atom is -1.00 e. The molecule has 0 saturated carbocycles. The molecule has 0 aromatic rings. The van der Waals surface area contributed by atoms with Gasteiger partial charge in [0.15, 0.2) is 0 Å². The van der Waals surface area contributed by atoms with E-state index in [-0.39, 0.29) is 33.5 Å². The molecule has 0 aliphatic rings. The van der Waals surface area contributed by atoms with Crippen LogP contribution in [0.4, 0.5) is 0 Å². The summed E-state index contributed by atoms with van der Waals surface area (Å²) in [7, 11) is 6.88. The van der Waals surface area contributed by atoms with E-state index in [2.05, 4.69) is 28.1 Å². The molecule has 0 rings (SSSR count). The predicted octanol–water partition coefficient (Wildman–Crippen LogP) is 3.18. The Hall–Kier alpha value is 0.938. The molecule has 0 N–H and O–H groups in total. The summed E-state index contributed by atoms with van der Waals surface area (Å²) in [5.74, 6) is 0. The fourth-order valence-electron chi connectivity index (χ4n) is 2.78. The van der Waals surface area contributed by atoms with Crippen LogP contribution in [0, 0.1) is 0 Å². The SMILES string of the molecule is CCCCCCCCCCCCCCCC[N+](C)(C)C.[Cl-].[Pt]. The van der Waals surface area contributed by atoms with Crippen LogP contribution in [0.2, 0.25) is 0 Å². The van der Waals surface area contributed by atoms with E-state index in [1.807, 2.05) is 0 Å². The summed E-state index contributed by atoms with van der Waals surface area (Å²) in [5.41, 5.74) is 0. The van der Waals surface area contributed by atoms with Gasteiger partial charge in [0.05, 0.1) is 27.7 Å². The van der Waals surface area contributed by atoms with Crippen molar-refractivity contribution in [3.05, 3.63) is 0 Å². The summed E-state index contributed by atoms with van der Waals surface area (Å²) in [6, 6.07) is 0. The van der Waals surface area contributed by atoms with E-state index in [0.717, 1.165) is 4.48 Å². The second-order valence-corrected chi connectivity index (χ2v) is 7.61. The fourth-order valence-corrected chi connectivity index (χ4v) is 2.78. The maximum atomic E-state index is 2.29. The van der Waals surface area contributed by atoms with Crippen LogP contribution in [-0.2, 0) is 21.1 Å². The van der Waals surface area contributed by atoms with Crippen molar-refractivity contribution < 1.29 is 38.0 Å². The van der Waals surface area contributed by atoms with Gasteiger partial charge < -0.3 is 16.9 Å². The molecule has 0 spiro atoms. The average molecular weight is 515 g/mol. The number of hydrogen-bond donors (Lipinski definition) is 0. The zero-order chi connectivity index (χ0) is 15.1. The number of hydrogen-bond acceptors (Lipinski definition) is 0. The van der Waals surface area contributed by atoms with E-state index in [4.69, 9.17) is 0 Å². The van der Waals surface area contributed by atoms with Gasteiger partial charge in [-0.25, -0.2) is 0 Å². The molecule has 0 unspecified atom stereocenters. The Bertz CT molecular complexity index is 192. The van der Waals surface area contributed by atoms with Gasteiger partial charge in [0, 0.05) is 21.1 Å². The minimum atomic E-state index is 0. The molecule has 0 amide bonds. The molecule has 0 aromatic carbocycles. The van der Waals surface area contributed by atoms with Gasteiger partial charge in [-0.3, -0.25) is 0 Å². The van der Waals surface area contributed by atoms with Gasteiger partial charge in [-0.15, -0.1) is 0 Å². The molecule has 0 heterocycles. The Balaban J connectivity index is -0.00000180. The summed E-state index contributed by atoms with van der Waals surface area (Å²) < 4.78 is 1.12. The molecule has 0 fully saturated rings.